The summed E-state index contributed by atoms with van der Waals surface area (Å²) >= 11 is 3.76. The van der Waals surface area contributed by atoms with Gasteiger partial charge in [0.15, 0.2) is 0 Å². The van der Waals surface area contributed by atoms with E-state index in [9.17, 15) is 0 Å². The second kappa shape index (κ2) is 8.09. The third-order valence-electron chi connectivity index (χ3n) is 1.79. The van der Waals surface area contributed by atoms with Gasteiger partial charge in [-0.25, -0.2) is 0 Å². The fourth-order valence-electron chi connectivity index (χ4n) is 1.10. The molecule has 0 amide bonds. The Hall–Kier alpha value is -0.250. The molecule has 14 heavy (non-hydrogen) atoms. The molecule has 1 N–H and O–H groups in total. The minimum atomic E-state index is 1.06. The van der Waals surface area contributed by atoms with Gasteiger partial charge >= 0.3 is 0 Å². The molecule has 0 bridgehead atoms. The smallest absolute Gasteiger partial charge is 0.0111 e. The van der Waals surface area contributed by atoms with Gasteiger partial charge in [0, 0.05) is 22.9 Å². The molecule has 0 fully saturated rings. The normalized spacial score (nSPS) is 10.3. The van der Waals surface area contributed by atoms with Gasteiger partial charge in [-0.2, -0.15) is 11.8 Å². The molecule has 0 radical (unpaired) electrons. The number of thioether (sulfide) groups is 1. The lowest BCUT2D eigenvalue weighted by Gasteiger charge is -2.02. The summed E-state index contributed by atoms with van der Waals surface area (Å²) in [5, 5.41) is 5.57. The van der Waals surface area contributed by atoms with Crippen LogP contribution in [0.15, 0.2) is 30.2 Å². The van der Waals surface area contributed by atoms with Crippen LogP contribution in [0.3, 0.4) is 0 Å². The third kappa shape index (κ3) is 5.47. The zero-order chi connectivity index (χ0) is 10.1. The Balaban J connectivity index is 1.87. The van der Waals surface area contributed by atoms with Crippen molar-refractivity contribution in [3.63, 3.8) is 0 Å². The minimum Gasteiger partial charge on any atom is -0.316 e. The van der Waals surface area contributed by atoms with Crippen molar-refractivity contribution in [3.05, 3.63) is 35.0 Å². The zero-order valence-electron chi connectivity index (χ0n) is 8.37. The van der Waals surface area contributed by atoms with Crippen molar-refractivity contribution >= 4 is 23.1 Å². The summed E-state index contributed by atoms with van der Waals surface area (Å²) in [5.74, 6) is 2.24. The summed E-state index contributed by atoms with van der Waals surface area (Å²) in [7, 11) is 0. The lowest BCUT2D eigenvalue weighted by Crippen LogP contribution is -2.19. The monoisotopic (exact) mass is 227 g/mol. The molecule has 1 rings (SSSR count). The van der Waals surface area contributed by atoms with Gasteiger partial charge in [-0.3, -0.25) is 0 Å². The molecule has 0 aliphatic carbocycles. The van der Waals surface area contributed by atoms with Crippen LogP contribution in [0.1, 0.15) is 4.88 Å². The fourth-order valence-corrected chi connectivity index (χ4v) is 2.43. The molecule has 0 atom stereocenters. The van der Waals surface area contributed by atoms with Crippen molar-refractivity contribution in [2.45, 2.75) is 6.42 Å². The number of rotatable bonds is 8. The molecule has 0 aromatic carbocycles. The van der Waals surface area contributed by atoms with E-state index in [4.69, 9.17) is 0 Å². The Morgan fingerprint density at radius 2 is 2.43 bits per heavy atom. The largest absolute Gasteiger partial charge is 0.316 e. The summed E-state index contributed by atoms with van der Waals surface area (Å²) in [6.45, 7) is 5.88. The lowest BCUT2D eigenvalue weighted by molar-refractivity contribution is 0.726. The summed E-state index contributed by atoms with van der Waals surface area (Å²) < 4.78 is 0. The van der Waals surface area contributed by atoms with Crippen molar-refractivity contribution in [1.82, 2.24) is 5.32 Å². The van der Waals surface area contributed by atoms with Crippen LogP contribution in [0.25, 0.3) is 0 Å². The second-order valence-electron chi connectivity index (χ2n) is 2.94. The Morgan fingerprint density at radius 1 is 1.50 bits per heavy atom. The maximum atomic E-state index is 3.69. The molecule has 0 aliphatic heterocycles. The van der Waals surface area contributed by atoms with Crippen LogP contribution in [0.5, 0.6) is 0 Å². The van der Waals surface area contributed by atoms with Gasteiger partial charge in [-0.15, -0.1) is 17.9 Å². The van der Waals surface area contributed by atoms with Crippen molar-refractivity contribution in [3.8, 4) is 0 Å². The molecule has 1 aromatic rings. The van der Waals surface area contributed by atoms with E-state index in [0.29, 0.717) is 0 Å². The molecule has 1 heterocycles. The van der Waals surface area contributed by atoms with E-state index >= 15 is 0 Å². The molecule has 0 unspecified atom stereocenters. The zero-order valence-corrected chi connectivity index (χ0v) is 10.0. The third-order valence-corrected chi connectivity index (χ3v) is 3.69. The van der Waals surface area contributed by atoms with Crippen LogP contribution in [0.2, 0.25) is 0 Å². The maximum absolute atomic E-state index is 3.69. The van der Waals surface area contributed by atoms with Gasteiger partial charge in [0.25, 0.3) is 0 Å². The van der Waals surface area contributed by atoms with Gasteiger partial charge < -0.3 is 5.32 Å². The number of thiophene rings is 1. The van der Waals surface area contributed by atoms with Gasteiger partial charge in [0.05, 0.1) is 0 Å². The van der Waals surface area contributed by atoms with Crippen molar-refractivity contribution in [2.24, 2.45) is 0 Å². The van der Waals surface area contributed by atoms with Crippen LogP contribution >= 0.6 is 23.1 Å². The molecule has 1 aromatic heterocycles. The summed E-state index contributed by atoms with van der Waals surface area (Å²) in [4.78, 5) is 1.47. The maximum Gasteiger partial charge on any atom is 0.0111 e. The van der Waals surface area contributed by atoms with E-state index in [0.717, 1.165) is 25.3 Å². The highest BCUT2D eigenvalue weighted by atomic mass is 32.2. The Bertz CT molecular complexity index is 231. The molecule has 0 saturated heterocycles. The SMILES string of the molecule is C=CCSCCNCCc1cccs1. The highest BCUT2D eigenvalue weighted by molar-refractivity contribution is 7.99. The topological polar surface area (TPSA) is 12.0 Å². The van der Waals surface area contributed by atoms with Gasteiger partial charge in [-0.1, -0.05) is 12.1 Å². The summed E-state index contributed by atoms with van der Waals surface area (Å²) in [6.07, 6.45) is 3.11. The van der Waals surface area contributed by atoms with Crippen molar-refractivity contribution in [2.75, 3.05) is 24.6 Å². The van der Waals surface area contributed by atoms with Crippen LogP contribution < -0.4 is 5.32 Å². The fraction of sp³-hybridized carbons (Fsp3) is 0.455. The van der Waals surface area contributed by atoms with E-state index in [2.05, 4.69) is 29.4 Å². The standard InChI is InChI=1S/C11H17NS2/c1-2-8-13-10-7-12-6-5-11-4-3-9-14-11/h2-4,9,12H,1,5-8,10H2. The average Bonchev–Trinajstić information content (AvgIpc) is 2.69. The van der Waals surface area contributed by atoms with Crippen molar-refractivity contribution < 1.29 is 0 Å². The number of nitrogens with one attached hydrogen (secondary N) is 1. The summed E-state index contributed by atoms with van der Waals surface area (Å²) in [5.41, 5.74) is 0. The van der Waals surface area contributed by atoms with Gasteiger partial charge in [-0.05, 0) is 24.4 Å². The lowest BCUT2D eigenvalue weighted by atomic mass is 10.3. The number of hydrogen-bond donors (Lipinski definition) is 1. The first-order valence-corrected chi connectivity index (χ1v) is 6.88. The van der Waals surface area contributed by atoms with Crippen molar-refractivity contribution in [1.29, 1.82) is 0 Å². The average molecular weight is 227 g/mol. The van der Waals surface area contributed by atoms with Crippen LogP contribution in [0, 0.1) is 0 Å². The van der Waals surface area contributed by atoms with Crippen LogP contribution in [-0.4, -0.2) is 24.6 Å². The minimum absolute atomic E-state index is 1.06. The van der Waals surface area contributed by atoms with Gasteiger partial charge in [0.1, 0.15) is 0 Å². The van der Waals surface area contributed by atoms with E-state index in [1.807, 2.05) is 29.2 Å². The molecule has 0 spiro atoms. The highest BCUT2D eigenvalue weighted by Gasteiger charge is 1.92. The first-order valence-electron chi connectivity index (χ1n) is 4.85. The molecular weight excluding hydrogens is 210 g/mol. The van der Waals surface area contributed by atoms with E-state index in [1.165, 1.54) is 10.6 Å². The van der Waals surface area contributed by atoms with Crippen LogP contribution in [-0.2, 0) is 6.42 Å². The van der Waals surface area contributed by atoms with E-state index < -0.39 is 0 Å². The first-order chi connectivity index (χ1) is 6.93. The molecule has 1 nitrogen and oxygen atoms in total. The molecule has 0 saturated carbocycles. The highest BCUT2D eigenvalue weighted by Crippen LogP contribution is 2.08. The predicted molar refractivity (Wildman–Crippen MR) is 68.4 cm³/mol. The van der Waals surface area contributed by atoms with Gasteiger partial charge in [0.2, 0.25) is 0 Å². The first kappa shape index (κ1) is 11.8. The Morgan fingerprint density at radius 3 is 3.14 bits per heavy atom. The Kier molecular flexibility index (Phi) is 6.83. The molecule has 78 valence electrons. The Labute approximate surface area is 94.6 Å². The van der Waals surface area contributed by atoms with Crippen LogP contribution in [0.4, 0.5) is 0 Å². The summed E-state index contributed by atoms with van der Waals surface area (Å²) in [6, 6.07) is 4.30. The number of hydrogen-bond acceptors (Lipinski definition) is 3. The predicted octanol–water partition coefficient (Wildman–Crippen LogP) is 2.80. The molecule has 0 aliphatic rings. The molecule has 3 heteroatoms. The second-order valence-corrected chi connectivity index (χ2v) is 5.13. The molecular formula is C11H17NS2. The van der Waals surface area contributed by atoms with E-state index in [-0.39, 0.29) is 0 Å². The van der Waals surface area contributed by atoms with E-state index in [1.54, 1.807) is 0 Å². The quantitative estimate of drug-likeness (QED) is 0.541.